The highest BCUT2D eigenvalue weighted by atomic mass is 16.4. The monoisotopic (exact) mass is 459 g/mol. The number of nitriles is 1. The lowest BCUT2D eigenvalue weighted by Crippen LogP contribution is -2.36. The van der Waals surface area contributed by atoms with E-state index in [1.807, 2.05) is 45.9 Å². The van der Waals surface area contributed by atoms with Crippen molar-refractivity contribution < 1.29 is 9.21 Å². The third kappa shape index (κ3) is 4.03. The normalized spacial score (nSPS) is 16.3. The molecule has 0 saturated carbocycles. The van der Waals surface area contributed by atoms with Gasteiger partial charge in [0.05, 0.1) is 11.3 Å². The fraction of sp³-hybridized carbons (Fsp3) is 0.444. The number of carbonyl (C=O) groups is 1. The number of fused-ring (bicyclic) bond motifs is 1. The fourth-order valence-corrected chi connectivity index (χ4v) is 4.73. The summed E-state index contributed by atoms with van der Waals surface area (Å²) >= 11 is 0. The summed E-state index contributed by atoms with van der Waals surface area (Å²) in [6.45, 7) is 9.29. The van der Waals surface area contributed by atoms with Crippen molar-refractivity contribution in [2.75, 3.05) is 44.0 Å². The van der Waals surface area contributed by atoms with E-state index in [0.29, 0.717) is 22.7 Å². The SMILES string of the molecule is Cc1c(-c2ccccc2)c(N2CCC(N(C)C)C2)c2oc(N(C)C(=O)C(C)(C)C)nc2c1C#N. The molecule has 1 fully saturated rings. The Balaban J connectivity index is 2.00. The number of oxazole rings is 1. The van der Waals surface area contributed by atoms with Crippen LogP contribution in [0.5, 0.6) is 0 Å². The summed E-state index contributed by atoms with van der Waals surface area (Å²) in [5, 5.41) is 10.1. The van der Waals surface area contributed by atoms with E-state index in [-0.39, 0.29) is 11.9 Å². The number of benzene rings is 2. The molecule has 0 spiro atoms. The fourth-order valence-electron chi connectivity index (χ4n) is 4.73. The van der Waals surface area contributed by atoms with Crippen LogP contribution in [-0.2, 0) is 4.79 Å². The van der Waals surface area contributed by atoms with Crippen LogP contribution in [0, 0.1) is 23.7 Å². The van der Waals surface area contributed by atoms with Crippen molar-refractivity contribution in [2.45, 2.75) is 40.2 Å². The number of rotatable bonds is 4. The summed E-state index contributed by atoms with van der Waals surface area (Å²) in [4.78, 5) is 23.7. The van der Waals surface area contributed by atoms with Crippen LogP contribution in [-0.4, -0.2) is 56.1 Å². The number of carbonyl (C=O) groups excluding carboxylic acids is 1. The average Bonchev–Trinajstić information content (AvgIpc) is 3.45. The Morgan fingerprint density at radius 2 is 1.88 bits per heavy atom. The van der Waals surface area contributed by atoms with Crippen molar-refractivity contribution >= 4 is 28.7 Å². The predicted molar refractivity (Wildman–Crippen MR) is 136 cm³/mol. The van der Waals surface area contributed by atoms with Crippen LogP contribution < -0.4 is 9.80 Å². The number of nitrogens with zero attached hydrogens (tertiary/aromatic N) is 5. The van der Waals surface area contributed by atoms with Gasteiger partial charge in [-0.1, -0.05) is 51.1 Å². The summed E-state index contributed by atoms with van der Waals surface area (Å²) in [5.41, 5.74) is 4.78. The van der Waals surface area contributed by atoms with Gasteiger partial charge in [0, 0.05) is 37.2 Å². The average molecular weight is 460 g/mol. The Kier molecular flexibility index (Phi) is 6.13. The van der Waals surface area contributed by atoms with Gasteiger partial charge in [0.1, 0.15) is 11.6 Å². The van der Waals surface area contributed by atoms with E-state index in [2.05, 4.69) is 47.1 Å². The van der Waals surface area contributed by atoms with Crippen molar-refractivity contribution in [3.05, 3.63) is 41.5 Å². The molecule has 1 aliphatic rings. The smallest absolute Gasteiger partial charge is 0.305 e. The molecule has 2 aromatic carbocycles. The largest absolute Gasteiger partial charge is 0.421 e. The molecule has 2 heterocycles. The van der Waals surface area contributed by atoms with E-state index in [1.165, 1.54) is 4.90 Å². The number of likely N-dealkylation sites (N-methyl/N-ethyl adjacent to an activating group) is 1. The number of hydrogen-bond acceptors (Lipinski definition) is 6. The Morgan fingerprint density at radius 3 is 2.44 bits per heavy atom. The Bertz CT molecular complexity index is 1260. The zero-order valence-corrected chi connectivity index (χ0v) is 21.1. The minimum Gasteiger partial charge on any atom is -0.421 e. The van der Waals surface area contributed by atoms with Gasteiger partial charge < -0.3 is 14.2 Å². The Labute approximate surface area is 201 Å². The molecular formula is C27H33N5O2. The third-order valence-corrected chi connectivity index (χ3v) is 6.67. The maximum atomic E-state index is 13.0. The Hall–Kier alpha value is -3.37. The standard InChI is InChI=1S/C27H33N5O2/c1-17-20(15-28)22-24(34-26(29-22)31(7)25(33)27(2,3)4)23(21(17)18-11-9-8-10-12-18)32-14-13-19(16-32)30(5)6/h8-12,19H,13-14,16H2,1-7H3. The maximum Gasteiger partial charge on any atom is 0.305 e. The van der Waals surface area contributed by atoms with Gasteiger partial charge in [-0.15, -0.1) is 0 Å². The van der Waals surface area contributed by atoms with E-state index < -0.39 is 5.41 Å². The van der Waals surface area contributed by atoms with Gasteiger partial charge in [0.2, 0.25) is 5.91 Å². The highest BCUT2D eigenvalue weighted by molar-refractivity contribution is 6.04. The molecule has 1 aliphatic heterocycles. The van der Waals surface area contributed by atoms with Crippen LogP contribution in [0.15, 0.2) is 34.7 Å². The van der Waals surface area contributed by atoms with Gasteiger partial charge in [0.15, 0.2) is 5.58 Å². The molecule has 0 aliphatic carbocycles. The van der Waals surface area contributed by atoms with Gasteiger partial charge in [-0.3, -0.25) is 9.69 Å². The molecule has 4 rings (SSSR count). The van der Waals surface area contributed by atoms with E-state index >= 15 is 0 Å². The highest BCUT2D eigenvalue weighted by Crippen LogP contribution is 2.45. The van der Waals surface area contributed by atoms with Crippen molar-refractivity contribution in [2.24, 2.45) is 5.41 Å². The molecule has 0 N–H and O–H groups in total. The second kappa shape index (κ2) is 8.77. The zero-order chi connectivity index (χ0) is 24.8. The maximum absolute atomic E-state index is 13.0. The van der Waals surface area contributed by atoms with Crippen molar-refractivity contribution in [1.29, 1.82) is 5.26 Å². The predicted octanol–water partition coefficient (Wildman–Crippen LogP) is 4.82. The molecule has 0 bridgehead atoms. The van der Waals surface area contributed by atoms with Gasteiger partial charge in [-0.2, -0.15) is 10.2 Å². The summed E-state index contributed by atoms with van der Waals surface area (Å²) < 4.78 is 6.33. The minimum absolute atomic E-state index is 0.104. The molecule has 0 radical (unpaired) electrons. The summed E-state index contributed by atoms with van der Waals surface area (Å²) in [7, 11) is 5.88. The molecule has 7 heteroatoms. The van der Waals surface area contributed by atoms with Crippen LogP contribution in [0.4, 0.5) is 11.7 Å². The van der Waals surface area contributed by atoms with Crippen LogP contribution >= 0.6 is 0 Å². The zero-order valence-electron chi connectivity index (χ0n) is 21.1. The lowest BCUT2D eigenvalue weighted by atomic mass is 9.93. The van der Waals surface area contributed by atoms with Crippen LogP contribution in [0.3, 0.4) is 0 Å². The van der Waals surface area contributed by atoms with Crippen molar-refractivity contribution in [1.82, 2.24) is 9.88 Å². The molecule has 34 heavy (non-hydrogen) atoms. The molecule has 178 valence electrons. The first-order valence-corrected chi connectivity index (χ1v) is 11.7. The van der Waals surface area contributed by atoms with E-state index in [9.17, 15) is 10.1 Å². The van der Waals surface area contributed by atoms with Gasteiger partial charge in [-0.05, 0) is 38.6 Å². The first-order chi connectivity index (χ1) is 16.0. The molecule has 7 nitrogen and oxygen atoms in total. The number of aromatic nitrogens is 1. The molecular weight excluding hydrogens is 426 g/mol. The topological polar surface area (TPSA) is 76.6 Å². The van der Waals surface area contributed by atoms with Gasteiger partial charge in [0.25, 0.3) is 0 Å². The summed E-state index contributed by atoms with van der Waals surface area (Å²) in [6.07, 6.45) is 1.03. The minimum atomic E-state index is -0.588. The number of amides is 1. The molecule has 1 saturated heterocycles. The van der Waals surface area contributed by atoms with Gasteiger partial charge >= 0.3 is 6.01 Å². The molecule has 3 aromatic rings. The third-order valence-electron chi connectivity index (χ3n) is 6.67. The summed E-state index contributed by atoms with van der Waals surface area (Å²) in [5.74, 6) is -0.104. The lowest BCUT2D eigenvalue weighted by Gasteiger charge is -2.26. The molecule has 1 amide bonds. The molecule has 1 aromatic heterocycles. The van der Waals surface area contributed by atoms with Crippen LogP contribution in [0.1, 0.15) is 38.3 Å². The highest BCUT2D eigenvalue weighted by Gasteiger charge is 2.34. The second-order valence-corrected chi connectivity index (χ2v) is 10.3. The van der Waals surface area contributed by atoms with Crippen LogP contribution in [0.2, 0.25) is 0 Å². The quantitative estimate of drug-likeness (QED) is 0.557. The van der Waals surface area contributed by atoms with Crippen molar-refractivity contribution in [3.63, 3.8) is 0 Å². The molecule has 1 unspecified atom stereocenters. The second-order valence-electron chi connectivity index (χ2n) is 10.3. The van der Waals surface area contributed by atoms with E-state index in [1.54, 1.807) is 7.05 Å². The first kappa shape index (κ1) is 23.8. The number of hydrogen-bond donors (Lipinski definition) is 0. The van der Waals surface area contributed by atoms with Gasteiger partial charge in [-0.25, -0.2) is 0 Å². The molecule has 1 atom stereocenters. The van der Waals surface area contributed by atoms with Crippen molar-refractivity contribution in [3.8, 4) is 17.2 Å². The van der Waals surface area contributed by atoms with E-state index in [4.69, 9.17) is 4.42 Å². The summed E-state index contributed by atoms with van der Waals surface area (Å²) in [6, 6.07) is 13.1. The van der Waals surface area contributed by atoms with Crippen LogP contribution in [0.25, 0.3) is 22.2 Å². The Morgan fingerprint density at radius 1 is 1.21 bits per heavy atom. The first-order valence-electron chi connectivity index (χ1n) is 11.7. The number of anilines is 2. The lowest BCUT2D eigenvalue weighted by molar-refractivity contribution is -0.125. The van der Waals surface area contributed by atoms with E-state index in [0.717, 1.165) is 41.9 Å².